The summed E-state index contributed by atoms with van der Waals surface area (Å²) in [5.74, 6) is 2.54. The summed E-state index contributed by atoms with van der Waals surface area (Å²) in [7, 11) is 3.86. The number of piperidine rings is 1. The lowest BCUT2D eigenvalue weighted by Gasteiger charge is -2.32. The molecule has 118 valence electrons. The maximum absolute atomic E-state index is 9.13. The quantitative estimate of drug-likeness (QED) is 0.809. The summed E-state index contributed by atoms with van der Waals surface area (Å²) in [5.41, 5.74) is 0. The van der Waals surface area contributed by atoms with Gasteiger partial charge in [0.1, 0.15) is 0 Å². The van der Waals surface area contributed by atoms with E-state index in [9.17, 15) is 0 Å². The number of nitrogens with zero attached hydrogens (tertiary/aromatic N) is 5. The van der Waals surface area contributed by atoms with Crippen molar-refractivity contribution in [1.82, 2.24) is 15.0 Å². The first-order chi connectivity index (χ1) is 10.1. The number of anilines is 3. The van der Waals surface area contributed by atoms with Crippen LogP contribution >= 0.6 is 0 Å². The van der Waals surface area contributed by atoms with Gasteiger partial charge in [0.15, 0.2) is 0 Å². The molecule has 0 aromatic carbocycles. The number of aliphatic hydroxyl groups is 1. The van der Waals surface area contributed by atoms with Gasteiger partial charge in [0.2, 0.25) is 17.8 Å². The zero-order valence-electron chi connectivity index (χ0n) is 13.2. The third-order valence-electron chi connectivity index (χ3n) is 3.69. The van der Waals surface area contributed by atoms with E-state index in [0.717, 1.165) is 38.4 Å². The summed E-state index contributed by atoms with van der Waals surface area (Å²) in [6.45, 7) is 4.93. The van der Waals surface area contributed by atoms with Crippen molar-refractivity contribution in [2.24, 2.45) is 5.92 Å². The fourth-order valence-electron chi connectivity index (χ4n) is 2.60. The van der Waals surface area contributed by atoms with Gasteiger partial charge in [-0.3, -0.25) is 0 Å². The molecule has 1 atom stereocenters. The van der Waals surface area contributed by atoms with Crippen molar-refractivity contribution in [3.05, 3.63) is 0 Å². The normalized spacial score (nSPS) is 18.7. The molecule has 1 aromatic heterocycles. The highest BCUT2D eigenvalue weighted by Gasteiger charge is 2.22. The molecule has 7 heteroatoms. The van der Waals surface area contributed by atoms with Crippen molar-refractivity contribution in [3.8, 4) is 0 Å². The molecule has 0 bridgehead atoms. The van der Waals surface area contributed by atoms with Crippen LogP contribution in [0.5, 0.6) is 0 Å². The van der Waals surface area contributed by atoms with E-state index in [1.165, 1.54) is 6.42 Å². The second-order valence-electron chi connectivity index (χ2n) is 5.65. The number of aliphatic hydroxyl groups excluding tert-OH is 1. The standard InChI is InChI=1S/C14H26N6O/c1-4-15-12-16-13(19(2)3)18-14(17-12)20-8-5-6-11(10-20)7-9-21/h11,21H,4-10H2,1-3H3,(H,15,16,17,18). The first-order valence-electron chi connectivity index (χ1n) is 7.67. The van der Waals surface area contributed by atoms with Crippen LogP contribution in [0.3, 0.4) is 0 Å². The first-order valence-corrected chi connectivity index (χ1v) is 7.67. The Bertz CT molecular complexity index is 451. The SMILES string of the molecule is CCNc1nc(N(C)C)nc(N2CCCC(CCO)C2)n1. The molecule has 1 unspecified atom stereocenters. The highest BCUT2D eigenvalue weighted by Crippen LogP contribution is 2.24. The second-order valence-corrected chi connectivity index (χ2v) is 5.65. The number of aromatic nitrogens is 3. The van der Waals surface area contributed by atoms with Crippen LogP contribution in [-0.2, 0) is 0 Å². The maximum Gasteiger partial charge on any atom is 0.231 e. The van der Waals surface area contributed by atoms with Crippen molar-refractivity contribution in [1.29, 1.82) is 0 Å². The van der Waals surface area contributed by atoms with Gasteiger partial charge in [0.05, 0.1) is 0 Å². The van der Waals surface area contributed by atoms with Gasteiger partial charge in [-0.1, -0.05) is 0 Å². The van der Waals surface area contributed by atoms with Crippen molar-refractivity contribution < 1.29 is 5.11 Å². The largest absolute Gasteiger partial charge is 0.396 e. The zero-order chi connectivity index (χ0) is 15.2. The first kappa shape index (κ1) is 15.8. The lowest BCUT2D eigenvalue weighted by Crippen LogP contribution is -2.37. The molecule has 0 radical (unpaired) electrons. The minimum atomic E-state index is 0.251. The minimum absolute atomic E-state index is 0.251. The van der Waals surface area contributed by atoms with Gasteiger partial charge < -0.3 is 20.2 Å². The number of rotatable bonds is 6. The molecule has 1 aliphatic rings. The van der Waals surface area contributed by atoms with E-state index in [-0.39, 0.29) is 6.61 Å². The molecule has 2 rings (SSSR count). The van der Waals surface area contributed by atoms with Gasteiger partial charge in [-0.05, 0) is 32.1 Å². The van der Waals surface area contributed by atoms with Crippen molar-refractivity contribution in [2.75, 3.05) is 55.5 Å². The number of nitrogens with one attached hydrogen (secondary N) is 1. The lowest BCUT2D eigenvalue weighted by molar-refractivity contribution is 0.244. The van der Waals surface area contributed by atoms with Crippen LogP contribution in [0.4, 0.5) is 17.8 Å². The van der Waals surface area contributed by atoms with Crippen molar-refractivity contribution in [2.45, 2.75) is 26.2 Å². The molecule has 2 heterocycles. The van der Waals surface area contributed by atoms with Gasteiger partial charge in [-0.15, -0.1) is 0 Å². The van der Waals surface area contributed by atoms with Crippen molar-refractivity contribution >= 4 is 17.8 Å². The number of hydrogen-bond acceptors (Lipinski definition) is 7. The molecular weight excluding hydrogens is 268 g/mol. The van der Waals surface area contributed by atoms with E-state index in [1.54, 1.807) is 0 Å². The Labute approximate surface area is 126 Å². The van der Waals surface area contributed by atoms with E-state index in [2.05, 4.69) is 25.2 Å². The van der Waals surface area contributed by atoms with Gasteiger partial charge in [0, 0.05) is 40.3 Å². The molecule has 7 nitrogen and oxygen atoms in total. The topological polar surface area (TPSA) is 77.4 Å². The molecule has 1 aliphatic heterocycles. The van der Waals surface area contributed by atoms with E-state index in [1.807, 2.05) is 25.9 Å². The molecule has 1 aromatic rings. The highest BCUT2D eigenvalue weighted by atomic mass is 16.3. The summed E-state index contributed by atoms with van der Waals surface area (Å²) >= 11 is 0. The summed E-state index contributed by atoms with van der Waals surface area (Å²) < 4.78 is 0. The third kappa shape index (κ3) is 4.17. The number of hydrogen-bond donors (Lipinski definition) is 2. The fourth-order valence-corrected chi connectivity index (χ4v) is 2.60. The summed E-state index contributed by atoms with van der Waals surface area (Å²) in [5, 5.41) is 12.3. The molecule has 0 amide bonds. The molecule has 0 spiro atoms. The van der Waals surface area contributed by atoms with Gasteiger partial charge in [-0.25, -0.2) is 0 Å². The van der Waals surface area contributed by atoms with Crippen LogP contribution < -0.4 is 15.1 Å². The second kappa shape index (κ2) is 7.40. The van der Waals surface area contributed by atoms with Crippen molar-refractivity contribution in [3.63, 3.8) is 0 Å². The van der Waals surface area contributed by atoms with Crippen LogP contribution in [0, 0.1) is 5.92 Å². The van der Waals surface area contributed by atoms with Gasteiger partial charge in [0.25, 0.3) is 0 Å². The Morgan fingerprint density at radius 1 is 1.33 bits per heavy atom. The molecule has 0 saturated carbocycles. The smallest absolute Gasteiger partial charge is 0.231 e. The summed E-state index contributed by atoms with van der Waals surface area (Å²) in [6.07, 6.45) is 3.13. The predicted octanol–water partition coefficient (Wildman–Crippen LogP) is 0.968. The third-order valence-corrected chi connectivity index (χ3v) is 3.69. The maximum atomic E-state index is 9.13. The Morgan fingerprint density at radius 2 is 2.14 bits per heavy atom. The summed E-state index contributed by atoms with van der Waals surface area (Å²) in [4.78, 5) is 17.6. The highest BCUT2D eigenvalue weighted by molar-refractivity contribution is 5.44. The lowest BCUT2D eigenvalue weighted by atomic mass is 9.95. The average molecular weight is 294 g/mol. The van der Waals surface area contributed by atoms with E-state index in [4.69, 9.17) is 5.11 Å². The van der Waals surface area contributed by atoms with Crippen LogP contribution in [0.1, 0.15) is 26.2 Å². The fraction of sp³-hybridized carbons (Fsp3) is 0.786. The molecule has 2 N–H and O–H groups in total. The zero-order valence-corrected chi connectivity index (χ0v) is 13.2. The molecule has 0 aliphatic carbocycles. The molecule has 21 heavy (non-hydrogen) atoms. The van der Waals surface area contributed by atoms with Crippen LogP contribution in [0.15, 0.2) is 0 Å². The Hall–Kier alpha value is -1.63. The van der Waals surface area contributed by atoms with E-state index in [0.29, 0.717) is 17.8 Å². The Balaban J connectivity index is 2.20. The monoisotopic (exact) mass is 294 g/mol. The van der Waals surface area contributed by atoms with Gasteiger partial charge in [-0.2, -0.15) is 15.0 Å². The van der Waals surface area contributed by atoms with E-state index >= 15 is 0 Å². The predicted molar refractivity (Wildman–Crippen MR) is 85.0 cm³/mol. The van der Waals surface area contributed by atoms with E-state index < -0.39 is 0 Å². The average Bonchev–Trinajstić information content (AvgIpc) is 2.48. The van der Waals surface area contributed by atoms with Crippen LogP contribution in [0.25, 0.3) is 0 Å². The molecular formula is C14H26N6O. The minimum Gasteiger partial charge on any atom is -0.396 e. The molecule has 1 saturated heterocycles. The van der Waals surface area contributed by atoms with Crippen LogP contribution in [-0.4, -0.2) is 60.4 Å². The summed E-state index contributed by atoms with van der Waals surface area (Å²) in [6, 6.07) is 0. The van der Waals surface area contributed by atoms with Gasteiger partial charge >= 0.3 is 0 Å². The molecule has 1 fully saturated rings. The van der Waals surface area contributed by atoms with Crippen LogP contribution in [0.2, 0.25) is 0 Å². The Kier molecular flexibility index (Phi) is 5.55. The Morgan fingerprint density at radius 3 is 2.81 bits per heavy atom.